The third-order valence-electron chi connectivity index (χ3n) is 2.39. The lowest BCUT2D eigenvalue weighted by Crippen LogP contribution is -2.33. The fraction of sp³-hybridized carbons (Fsp3) is 0.333. The second-order valence-electron chi connectivity index (χ2n) is 3.82. The summed E-state index contributed by atoms with van der Waals surface area (Å²) in [6.45, 7) is 0. The largest absolute Gasteiger partial charge is 0.468 e. The van der Waals surface area contributed by atoms with E-state index in [1.807, 2.05) is 0 Å². The van der Waals surface area contributed by atoms with Gasteiger partial charge in [-0.1, -0.05) is 0 Å². The zero-order chi connectivity index (χ0) is 14.4. The van der Waals surface area contributed by atoms with Crippen molar-refractivity contribution in [3.8, 4) is 0 Å². The minimum absolute atomic E-state index is 0.245. The maximum atomic E-state index is 13.5. The SMILES string of the molecule is COC(=O)C(N)CSCc1cc(C(N)=O)ccc1F. The summed E-state index contributed by atoms with van der Waals surface area (Å²) < 4.78 is 18.0. The number of rotatable bonds is 6. The fourth-order valence-electron chi connectivity index (χ4n) is 1.35. The van der Waals surface area contributed by atoms with E-state index in [9.17, 15) is 14.0 Å². The first-order valence-electron chi connectivity index (χ1n) is 5.45. The van der Waals surface area contributed by atoms with Crippen molar-refractivity contribution in [1.29, 1.82) is 0 Å². The Morgan fingerprint density at radius 3 is 2.74 bits per heavy atom. The van der Waals surface area contributed by atoms with Gasteiger partial charge in [-0.3, -0.25) is 9.59 Å². The maximum absolute atomic E-state index is 13.5. The van der Waals surface area contributed by atoms with Crippen LogP contribution in [0.1, 0.15) is 15.9 Å². The average Bonchev–Trinajstić information content (AvgIpc) is 2.39. The number of thioether (sulfide) groups is 1. The standard InChI is InChI=1S/C12H15FN2O3S/c1-18-12(17)10(14)6-19-5-8-4-7(11(15)16)2-3-9(8)13/h2-4,10H,5-6,14H2,1H3,(H2,15,16). The van der Waals surface area contributed by atoms with Crippen LogP contribution in [0.2, 0.25) is 0 Å². The van der Waals surface area contributed by atoms with Crippen molar-refractivity contribution in [3.05, 3.63) is 35.1 Å². The quantitative estimate of drug-likeness (QED) is 0.749. The summed E-state index contributed by atoms with van der Waals surface area (Å²) in [7, 11) is 1.25. The smallest absolute Gasteiger partial charge is 0.323 e. The van der Waals surface area contributed by atoms with Crippen molar-refractivity contribution in [2.75, 3.05) is 12.9 Å². The molecular weight excluding hydrogens is 271 g/mol. The fourth-order valence-corrected chi connectivity index (χ4v) is 2.30. The molecule has 1 unspecified atom stereocenters. The van der Waals surface area contributed by atoms with E-state index in [1.54, 1.807) is 0 Å². The lowest BCUT2D eigenvalue weighted by Gasteiger charge is -2.09. The second-order valence-corrected chi connectivity index (χ2v) is 4.85. The molecule has 1 atom stereocenters. The number of nitrogens with two attached hydrogens (primary N) is 2. The molecule has 1 aromatic rings. The number of hydrogen-bond acceptors (Lipinski definition) is 5. The molecule has 0 aliphatic carbocycles. The number of carbonyl (C=O) groups excluding carboxylic acids is 2. The summed E-state index contributed by atoms with van der Waals surface area (Å²) in [4.78, 5) is 22.1. The van der Waals surface area contributed by atoms with Crippen LogP contribution in [0.3, 0.4) is 0 Å². The first-order chi connectivity index (χ1) is 8.95. The molecule has 1 aromatic carbocycles. The first-order valence-corrected chi connectivity index (χ1v) is 6.60. The highest BCUT2D eigenvalue weighted by Crippen LogP contribution is 2.18. The first kappa shape index (κ1) is 15.5. The number of hydrogen-bond donors (Lipinski definition) is 2. The number of primary amides is 1. The van der Waals surface area contributed by atoms with Crippen molar-refractivity contribution in [2.24, 2.45) is 11.5 Å². The van der Waals surface area contributed by atoms with Crippen LogP contribution in [0.15, 0.2) is 18.2 Å². The minimum Gasteiger partial charge on any atom is -0.468 e. The molecule has 0 spiro atoms. The molecule has 7 heteroatoms. The third-order valence-corrected chi connectivity index (χ3v) is 3.50. The van der Waals surface area contributed by atoms with Gasteiger partial charge in [-0.15, -0.1) is 0 Å². The van der Waals surface area contributed by atoms with Gasteiger partial charge in [-0.2, -0.15) is 11.8 Å². The molecule has 0 aliphatic rings. The monoisotopic (exact) mass is 286 g/mol. The van der Waals surface area contributed by atoms with Gasteiger partial charge in [-0.25, -0.2) is 4.39 Å². The summed E-state index contributed by atoms with van der Waals surface area (Å²) in [6.07, 6.45) is 0. The van der Waals surface area contributed by atoms with Crippen molar-refractivity contribution in [2.45, 2.75) is 11.8 Å². The Bertz CT molecular complexity index is 482. The van der Waals surface area contributed by atoms with E-state index >= 15 is 0 Å². The van der Waals surface area contributed by atoms with Crippen LogP contribution >= 0.6 is 11.8 Å². The number of halogens is 1. The van der Waals surface area contributed by atoms with E-state index in [-0.39, 0.29) is 11.3 Å². The summed E-state index contributed by atoms with van der Waals surface area (Å²) in [6, 6.07) is 3.16. The molecule has 0 aliphatic heterocycles. The highest BCUT2D eigenvalue weighted by molar-refractivity contribution is 7.98. The van der Waals surface area contributed by atoms with Crippen LogP contribution < -0.4 is 11.5 Å². The lowest BCUT2D eigenvalue weighted by molar-refractivity contribution is -0.141. The number of esters is 1. The Labute approximate surface area is 114 Å². The highest BCUT2D eigenvalue weighted by Gasteiger charge is 2.14. The van der Waals surface area contributed by atoms with E-state index in [2.05, 4.69) is 4.74 Å². The Balaban J connectivity index is 2.60. The molecule has 0 saturated carbocycles. The number of amides is 1. The normalized spacial score (nSPS) is 11.9. The predicted molar refractivity (Wildman–Crippen MR) is 71.1 cm³/mol. The van der Waals surface area contributed by atoms with E-state index in [0.717, 1.165) is 0 Å². The molecule has 1 rings (SSSR count). The molecule has 0 bridgehead atoms. The Morgan fingerprint density at radius 1 is 1.47 bits per heavy atom. The van der Waals surface area contributed by atoms with Gasteiger partial charge in [0, 0.05) is 17.1 Å². The summed E-state index contributed by atoms with van der Waals surface area (Å²) >= 11 is 1.27. The number of ether oxygens (including phenoxy) is 1. The third kappa shape index (κ3) is 4.53. The van der Waals surface area contributed by atoms with Crippen molar-refractivity contribution < 1.29 is 18.7 Å². The molecule has 19 heavy (non-hydrogen) atoms. The Morgan fingerprint density at radius 2 is 2.16 bits per heavy atom. The molecule has 0 heterocycles. The average molecular weight is 286 g/mol. The van der Waals surface area contributed by atoms with Crippen LogP contribution in [-0.2, 0) is 15.3 Å². The summed E-state index contributed by atoms with van der Waals surface area (Å²) in [5, 5.41) is 0. The van der Waals surface area contributed by atoms with Gasteiger partial charge in [0.15, 0.2) is 0 Å². The van der Waals surface area contributed by atoms with Gasteiger partial charge in [0.2, 0.25) is 5.91 Å². The van der Waals surface area contributed by atoms with Gasteiger partial charge in [0.05, 0.1) is 7.11 Å². The minimum atomic E-state index is -0.752. The van der Waals surface area contributed by atoms with E-state index in [4.69, 9.17) is 11.5 Å². The van der Waals surface area contributed by atoms with E-state index in [1.165, 1.54) is 37.1 Å². The predicted octanol–water partition coefficient (Wildman–Crippen LogP) is 0.658. The van der Waals surface area contributed by atoms with Crippen LogP contribution in [-0.4, -0.2) is 30.8 Å². The number of methoxy groups -OCH3 is 1. The Hall–Kier alpha value is -1.60. The maximum Gasteiger partial charge on any atom is 0.323 e. The molecule has 0 fully saturated rings. The van der Waals surface area contributed by atoms with Crippen LogP contribution in [0, 0.1) is 5.82 Å². The van der Waals surface area contributed by atoms with Crippen LogP contribution in [0.25, 0.3) is 0 Å². The Kier molecular flexibility index (Phi) is 5.78. The molecule has 0 aromatic heterocycles. The van der Waals surface area contributed by atoms with Crippen LogP contribution in [0.4, 0.5) is 4.39 Å². The lowest BCUT2D eigenvalue weighted by atomic mass is 10.1. The topological polar surface area (TPSA) is 95.4 Å². The highest BCUT2D eigenvalue weighted by atomic mass is 32.2. The van der Waals surface area contributed by atoms with Crippen LogP contribution in [0.5, 0.6) is 0 Å². The number of benzene rings is 1. The van der Waals surface area contributed by atoms with E-state index < -0.39 is 23.7 Å². The number of carbonyl (C=O) groups is 2. The zero-order valence-corrected chi connectivity index (χ0v) is 11.2. The van der Waals surface area contributed by atoms with Gasteiger partial charge < -0.3 is 16.2 Å². The molecular formula is C12H15FN2O3S. The van der Waals surface area contributed by atoms with Gasteiger partial charge >= 0.3 is 5.97 Å². The molecule has 104 valence electrons. The molecule has 0 saturated heterocycles. The van der Waals surface area contributed by atoms with Crippen molar-refractivity contribution in [1.82, 2.24) is 0 Å². The van der Waals surface area contributed by atoms with Crippen molar-refractivity contribution >= 4 is 23.6 Å². The molecule has 0 radical (unpaired) electrons. The van der Waals surface area contributed by atoms with Gasteiger partial charge in [-0.05, 0) is 23.8 Å². The van der Waals surface area contributed by atoms with Gasteiger partial charge in [0.25, 0.3) is 0 Å². The second kappa shape index (κ2) is 7.10. The molecule has 5 nitrogen and oxygen atoms in total. The van der Waals surface area contributed by atoms with E-state index in [0.29, 0.717) is 11.3 Å². The summed E-state index contributed by atoms with van der Waals surface area (Å²) in [5.74, 6) is -0.967. The zero-order valence-electron chi connectivity index (χ0n) is 10.4. The molecule has 1 amide bonds. The van der Waals surface area contributed by atoms with Gasteiger partial charge in [0.1, 0.15) is 11.9 Å². The summed E-state index contributed by atoms with van der Waals surface area (Å²) in [5.41, 5.74) is 11.3. The van der Waals surface area contributed by atoms with Crippen molar-refractivity contribution in [3.63, 3.8) is 0 Å². The molecule has 4 N–H and O–H groups in total.